The van der Waals surface area contributed by atoms with Crippen LogP contribution in [0.25, 0.3) is 0 Å². The van der Waals surface area contributed by atoms with E-state index in [1.807, 2.05) is 19.9 Å². The van der Waals surface area contributed by atoms with Crippen LogP contribution in [0.3, 0.4) is 0 Å². The van der Waals surface area contributed by atoms with Crippen molar-refractivity contribution in [2.24, 2.45) is 0 Å². The normalized spacial score (nSPS) is 14.7. The minimum Gasteiger partial charge on any atom is -0.456 e. The van der Waals surface area contributed by atoms with Crippen LogP contribution in [0.2, 0.25) is 0 Å². The molecule has 0 saturated heterocycles. The standard InChI is InChI=1S/C34H45N4O4PS/c1-7-36(8-2)25-17-19-29-31(23-25)42-32-24-26(37(9-3)10-4)18-20-30(32)34(29)28-16-14-13-15-27(28)33(44)38(34)22-21-35-43(39,40-11-5)41-12-6/h13-20,23-24H,7-12,21-22H2,1-6H3,(H,35,39). The van der Waals surface area contributed by atoms with Gasteiger partial charge in [-0.25, -0.2) is 9.65 Å². The van der Waals surface area contributed by atoms with Crippen molar-refractivity contribution in [2.45, 2.75) is 47.1 Å². The summed E-state index contributed by atoms with van der Waals surface area (Å²) in [6.45, 7) is 17.2. The van der Waals surface area contributed by atoms with E-state index in [1.165, 1.54) is 0 Å². The van der Waals surface area contributed by atoms with Gasteiger partial charge in [-0.15, -0.1) is 0 Å². The van der Waals surface area contributed by atoms with Gasteiger partial charge in [0.2, 0.25) is 0 Å². The van der Waals surface area contributed by atoms with Crippen LogP contribution in [0.5, 0.6) is 11.5 Å². The Morgan fingerprint density at radius 1 is 0.795 bits per heavy atom. The summed E-state index contributed by atoms with van der Waals surface area (Å²) in [4.78, 5) is 7.65. The second kappa shape index (κ2) is 13.6. The van der Waals surface area contributed by atoms with E-state index in [1.54, 1.807) is 0 Å². The number of nitrogens with zero attached hydrogens (tertiary/aromatic N) is 3. The largest absolute Gasteiger partial charge is 0.456 e. The van der Waals surface area contributed by atoms with Crippen LogP contribution in [0, 0.1) is 0 Å². The zero-order valence-electron chi connectivity index (χ0n) is 26.8. The molecular formula is C34H45N4O4PS. The first-order chi connectivity index (χ1) is 21.3. The molecule has 0 bridgehead atoms. The van der Waals surface area contributed by atoms with Crippen LogP contribution in [-0.4, -0.2) is 62.4 Å². The molecule has 0 radical (unpaired) electrons. The molecular weight excluding hydrogens is 591 g/mol. The van der Waals surface area contributed by atoms with Gasteiger partial charge in [0.25, 0.3) is 0 Å². The first-order valence-corrected chi connectivity index (χ1v) is 17.8. The number of ether oxygens (including phenoxy) is 1. The molecule has 0 unspecified atom stereocenters. The molecule has 2 aliphatic heterocycles. The van der Waals surface area contributed by atoms with Crippen LogP contribution in [-0.2, 0) is 19.2 Å². The monoisotopic (exact) mass is 636 g/mol. The molecule has 236 valence electrons. The van der Waals surface area contributed by atoms with Gasteiger partial charge in [0.1, 0.15) is 22.0 Å². The molecule has 2 aliphatic rings. The summed E-state index contributed by atoms with van der Waals surface area (Å²) in [5.74, 6) is 1.62. The highest BCUT2D eigenvalue weighted by Gasteiger charge is 2.54. The van der Waals surface area contributed by atoms with Crippen molar-refractivity contribution in [1.29, 1.82) is 0 Å². The van der Waals surface area contributed by atoms with Crippen molar-refractivity contribution in [3.8, 4) is 11.5 Å². The van der Waals surface area contributed by atoms with Gasteiger partial charge >= 0.3 is 7.75 Å². The number of hydrogen-bond donors (Lipinski definition) is 1. The summed E-state index contributed by atoms with van der Waals surface area (Å²) < 4.78 is 31.2. The van der Waals surface area contributed by atoms with E-state index in [-0.39, 0.29) is 13.2 Å². The molecule has 44 heavy (non-hydrogen) atoms. The highest BCUT2D eigenvalue weighted by Crippen LogP contribution is 2.58. The lowest BCUT2D eigenvalue weighted by atomic mass is 9.74. The molecule has 3 aromatic carbocycles. The lowest BCUT2D eigenvalue weighted by Crippen LogP contribution is -2.49. The SMILES string of the molecule is CCOP(=O)(NCCN1C(=S)c2ccccc2C12c1ccc(N(CC)CC)cc1Oc1cc(N(CC)CC)ccc12)OCC. The van der Waals surface area contributed by atoms with Gasteiger partial charge in [-0.05, 0) is 59.2 Å². The summed E-state index contributed by atoms with van der Waals surface area (Å²) in [6, 6.07) is 21.5. The summed E-state index contributed by atoms with van der Waals surface area (Å²) >= 11 is 6.24. The molecule has 0 atom stereocenters. The van der Waals surface area contributed by atoms with Crippen LogP contribution in [0.15, 0.2) is 60.7 Å². The van der Waals surface area contributed by atoms with Crippen molar-refractivity contribution in [2.75, 3.05) is 62.3 Å². The average molecular weight is 637 g/mol. The quantitative estimate of drug-likeness (QED) is 0.143. The van der Waals surface area contributed by atoms with Gasteiger partial charge in [-0.2, -0.15) is 0 Å². The molecule has 1 N–H and O–H groups in total. The van der Waals surface area contributed by atoms with E-state index >= 15 is 0 Å². The van der Waals surface area contributed by atoms with Gasteiger partial charge in [0, 0.05) is 79.5 Å². The molecule has 1 spiro atoms. The average Bonchev–Trinajstić information content (AvgIpc) is 3.26. The summed E-state index contributed by atoms with van der Waals surface area (Å²) in [5.41, 5.74) is 5.67. The van der Waals surface area contributed by atoms with E-state index in [9.17, 15) is 4.57 Å². The van der Waals surface area contributed by atoms with Crippen LogP contribution in [0.1, 0.15) is 63.8 Å². The van der Waals surface area contributed by atoms with Gasteiger partial charge < -0.3 is 19.4 Å². The lowest BCUT2D eigenvalue weighted by molar-refractivity contribution is 0.206. The number of hydrogen-bond acceptors (Lipinski definition) is 7. The number of benzene rings is 3. The minimum absolute atomic E-state index is 0.281. The number of anilines is 2. The van der Waals surface area contributed by atoms with Crippen molar-refractivity contribution >= 4 is 36.3 Å². The predicted octanol–water partition coefficient (Wildman–Crippen LogP) is 7.54. The second-order valence-electron chi connectivity index (χ2n) is 10.8. The molecule has 5 rings (SSSR count). The van der Waals surface area contributed by atoms with E-state index in [0.717, 1.165) is 76.3 Å². The van der Waals surface area contributed by atoms with Gasteiger partial charge in [0.05, 0.1) is 13.2 Å². The third-order valence-corrected chi connectivity index (χ3v) is 10.9. The Bertz CT molecular complexity index is 1470. The van der Waals surface area contributed by atoms with Crippen molar-refractivity contribution in [3.63, 3.8) is 0 Å². The Morgan fingerprint density at radius 3 is 1.82 bits per heavy atom. The van der Waals surface area contributed by atoms with E-state index in [4.69, 9.17) is 26.0 Å². The first kappa shape index (κ1) is 32.5. The molecule has 0 amide bonds. The van der Waals surface area contributed by atoms with Gasteiger partial charge in [-0.1, -0.05) is 48.6 Å². The number of fused-ring (bicyclic) bond motifs is 6. The minimum atomic E-state index is -3.46. The third-order valence-electron chi connectivity index (χ3n) is 8.62. The fraction of sp³-hybridized carbons (Fsp3) is 0.441. The number of nitrogens with one attached hydrogen (secondary N) is 1. The maximum absolute atomic E-state index is 13.3. The predicted molar refractivity (Wildman–Crippen MR) is 184 cm³/mol. The first-order valence-electron chi connectivity index (χ1n) is 15.8. The Hall–Kier alpha value is -2.94. The number of thiocarbonyl (C=S) groups is 1. The zero-order chi connectivity index (χ0) is 31.5. The topological polar surface area (TPSA) is 66.5 Å². The Balaban J connectivity index is 1.71. The Morgan fingerprint density at radius 2 is 1.32 bits per heavy atom. The van der Waals surface area contributed by atoms with Crippen molar-refractivity contribution in [3.05, 3.63) is 82.9 Å². The van der Waals surface area contributed by atoms with Crippen molar-refractivity contribution in [1.82, 2.24) is 9.99 Å². The molecule has 0 fully saturated rings. The summed E-state index contributed by atoms with van der Waals surface area (Å²) in [6.07, 6.45) is 0. The maximum Gasteiger partial charge on any atom is 0.405 e. The smallest absolute Gasteiger partial charge is 0.405 e. The summed E-state index contributed by atoms with van der Waals surface area (Å²) in [7, 11) is -3.46. The van der Waals surface area contributed by atoms with Crippen LogP contribution < -0.4 is 19.6 Å². The highest BCUT2D eigenvalue weighted by atomic mass is 32.1. The van der Waals surface area contributed by atoms with Crippen LogP contribution in [0.4, 0.5) is 11.4 Å². The van der Waals surface area contributed by atoms with Crippen LogP contribution >= 0.6 is 20.0 Å². The maximum atomic E-state index is 13.3. The third kappa shape index (κ3) is 5.54. The van der Waals surface area contributed by atoms with E-state index < -0.39 is 13.3 Å². The van der Waals surface area contributed by atoms with Gasteiger partial charge in [-0.3, -0.25) is 9.05 Å². The van der Waals surface area contributed by atoms with E-state index in [0.29, 0.717) is 13.1 Å². The molecule has 8 nitrogen and oxygen atoms in total. The Labute approximate surface area is 267 Å². The molecule has 0 aliphatic carbocycles. The van der Waals surface area contributed by atoms with Gasteiger partial charge in [0.15, 0.2) is 0 Å². The second-order valence-corrected chi connectivity index (χ2v) is 13.0. The Kier molecular flexibility index (Phi) is 10.0. The molecule has 0 saturated carbocycles. The highest BCUT2D eigenvalue weighted by molar-refractivity contribution is 7.80. The summed E-state index contributed by atoms with van der Waals surface area (Å²) in [5, 5.41) is 3.09. The van der Waals surface area contributed by atoms with E-state index in [2.05, 4.69) is 102 Å². The molecule has 2 heterocycles. The fourth-order valence-corrected chi connectivity index (χ4v) is 8.39. The molecule has 0 aromatic heterocycles. The number of rotatable bonds is 14. The molecule has 10 heteroatoms. The zero-order valence-corrected chi connectivity index (χ0v) is 28.5. The van der Waals surface area contributed by atoms with Crippen molar-refractivity contribution < 1.29 is 18.3 Å². The molecule has 3 aromatic rings. The lowest BCUT2D eigenvalue weighted by Gasteiger charge is -2.45. The fourth-order valence-electron chi connectivity index (χ4n) is 6.67.